The highest BCUT2D eigenvalue weighted by molar-refractivity contribution is 7.57. The van der Waals surface area contributed by atoms with Gasteiger partial charge in [-0.15, -0.1) is 0 Å². The van der Waals surface area contributed by atoms with Crippen molar-refractivity contribution in [2.75, 3.05) is 33.2 Å². The number of hydrogen-bond acceptors (Lipinski definition) is 4. The molecule has 0 radical (unpaired) electrons. The van der Waals surface area contributed by atoms with Gasteiger partial charge in [0.1, 0.15) is 0 Å². The number of hydrazone groups is 1. The summed E-state index contributed by atoms with van der Waals surface area (Å²) >= 11 is 0. The van der Waals surface area contributed by atoms with Gasteiger partial charge in [-0.25, -0.2) is 14.1 Å². The van der Waals surface area contributed by atoms with E-state index in [9.17, 15) is 14.7 Å². The van der Waals surface area contributed by atoms with E-state index in [1.807, 2.05) is 9.34 Å². The summed E-state index contributed by atoms with van der Waals surface area (Å²) in [5.74, 6) is 0. The molecule has 0 aliphatic carbocycles. The van der Waals surface area contributed by atoms with Crippen LogP contribution in [-0.2, 0) is 4.57 Å². The summed E-state index contributed by atoms with van der Waals surface area (Å²) in [6, 6.07) is 6.09. The van der Waals surface area contributed by atoms with Crippen LogP contribution in [0.1, 0.15) is 5.56 Å². The van der Waals surface area contributed by atoms with Crippen LogP contribution in [0, 0.1) is 10.1 Å². The topological polar surface area (TPSA) is 81.8 Å². The van der Waals surface area contributed by atoms with E-state index in [0.29, 0.717) is 0 Å². The second-order valence-corrected chi connectivity index (χ2v) is 7.74. The van der Waals surface area contributed by atoms with Crippen LogP contribution in [0.5, 0.6) is 0 Å². The first-order chi connectivity index (χ1) is 10.0. The summed E-state index contributed by atoms with van der Waals surface area (Å²) in [4.78, 5) is 10.1. The lowest BCUT2D eigenvalue weighted by Gasteiger charge is -2.27. The molecule has 3 rings (SSSR count). The van der Waals surface area contributed by atoms with Crippen LogP contribution in [0.4, 0.5) is 5.69 Å². The van der Waals surface area contributed by atoms with Crippen molar-refractivity contribution in [2.24, 2.45) is 5.10 Å². The fourth-order valence-electron chi connectivity index (χ4n) is 2.06. The van der Waals surface area contributed by atoms with E-state index >= 15 is 0 Å². The molecule has 0 bridgehead atoms. The highest BCUT2D eigenvalue weighted by Crippen LogP contribution is 2.62. The average Bonchev–Trinajstić information content (AvgIpc) is 3.35. The molecule has 2 saturated heterocycles. The van der Waals surface area contributed by atoms with Crippen molar-refractivity contribution in [1.29, 1.82) is 0 Å². The quantitative estimate of drug-likeness (QED) is 0.261. The first-order valence-corrected chi connectivity index (χ1v) is 8.22. The van der Waals surface area contributed by atoms with Crippen molar-refractivity contribution in [3.05, 3.63) is 39.9 Å². The summed E-state index contributed by atoms with van der Waals surface area (Å²) in [6.45, 7) is 3.35. The minimum absolute atomic E-state index is 0.0411. The summed E-state index contributed by atoms with van der Waals surface area (Å²) in [5.41, 5.74) is 0.773. The third-order valence-electron chi connectivity index (χ3n) is 3.44. The van der Waals surface area contributed by atoms with E-state index in [-0.39, 0.29) is 5.69 Å². The predicted molar refractivity (Wildman–Crippen MR) is 79.2 cm³/mol. The molecule has 1 aromatic rings. The summed E-state index contributed by atoms with van der Waals surface area (Å²) in [7, 11) is -0.993. The Morgan fingerprint density at radius 1 is 1.24 bits per heavy atom. The van der Waals surface area contributed by atoms with Crippen molar-refractivity contribution in [3.63, 3.8) is 0 Å². The maximum Gasteiger partial charge on any atom is 0.326 e. The molecular weight excluding hydrogens is 293 g/mol. The normalized spacial score (nSPS) is 18.9. The number of rotatable bonds is 6. The Balaban J connectivity index is 1.72. The Morgan fingerprint density at radius 3 is 2.19 bits per heavy atom. The zero-order valence-electron chi connectivity index (χ0n) is 11.6. The molecule has 8 nitrogen and oxygen atoms in total. The lowest BCUT2D eigenvalue weighted by molar-refractivity contribution is -0.384. The molecule has 0 spiro atoms. The molecule has 112 valence electrons. The maximum absolute atomic E-state index is 13.0. The highest BCUT2D eigenvalue weighted by atomic mass is 31.2. The van der Waals surface area contributed by atoms with Crippen LogP contribution in [0.25, 0.3) is 0 Å². The molecule has 9 heteroatoms. The van der Waals surface area contributed by atoms with Crippen LogP contribution in [0.15, 0.2) is 29.4 Å². The zero-order valence-corrected chi connectivity index (χ0v) is 12.5. The van der Waals surface area contributed by atoms with Crippen LogP contribution < -0.4 is 0 Å². The first kappa shape index (κ1) is 14.2. The number of nitro benzene ring substituents is 1. The van der Waals surface area contributed by atoms with Crippen molar-refractivity contribution in [3.8, 4) is 0 Å². The molecule has 0 amide bonds. The Labute approximate surface area is 122 Å². The standard InChI is InChI=1S/C12H16N5O3P/c1-14(21(20,15-6-7-15)16-8-9-16)13-10-11-2-4-12(5-3-11)17(18)19/h2-5,10H,6-9H2,1H3/b13-10+. The minimum Gasteiger partial charge on any atom is -0.262 e. The molecule has 2 fully saturated rings. The third-order valence-corrected chi connectivity index (χ3v) is 6.57. The molecular formula is C12H16N5O3P. The molecule has 21 heavy (non-hydrogen) atoms. The molecule has 1 aromatic carbocycles. The number of hydrogen-bond donors (Lipinski definition) is 0. The fourth-order valence-corrected chi connectivity index (χ4v) is 4.55. The van der Waals surface area contributed by atoms with Crippen LogP contribution in [-0.4, -0.2) is 58.5 Å². The monoisotopic (exact) mass is 309 g/mol. The lowest BCUT2D eigenvalue weighted by Crippen LogP contribution is -2.19. The summed E-state index contributed by atoms with van der Waals surface area (Å²) in [6.07, 6.45) is 1.57. The van der Waals surface area contributed by atoms with Gasteiger partial charge in [-0.3, -0.25) is 14.7 Å². The highest BCUT2D eigenvalue weighted by Gasteiger charge is 2.50. The van der Waals surface area contributed by atoms with Gasteiger partial charge < -0.3 is 0 Å². The van der Waals surface area contributed by atoms with Gasteiger partial charge in [-0.05, 0) is 17.7 Å². The van der Waals surface area contributed by atoms with Crippen LogP contribution in [0.2, 0.25) is 0 Å². The van der Waals surface area contributed by atoms with Gasteiger partial charge >= 0.3 is 7.59 Å². The van der Waals surface area contributed by atoms with Gasteiger partial charge in [-0.1, -0.05) is 0 Å². The van der Waals surface area contributed by atoms with E-state index in [1.165, 1.54) is 16.9 Å². The molecule has 0 unspecified atom stereocenters. The van der Waals surface area contributed by atoms with Crippen LogP contribution >= 0.6 is 7.59 Å². The average molecular weight is 309 g/mol. The van der Waals surface area contributed by atoms with Gasteiger partial charge in [0.05, 0.1) is 11.1 Å². The van der Waals surface area contributed by atoms with E-state index in [2.05, 4.69) is 5.10 Å². The number of non-ortho nitro benzene ring substituents is 1. The van der Waals surface area contributed by atoms with Gasteiger partial charge in [0.15, 0.2) is 0 Å². The predicted octanol–water partition coefficient (Wildman–Crippen LogP) is 1.60. The molecule has 0 N–H and O–H groups in total. The molecule has 0 saturated carbocycles. The Kier molecular flexibility index (Phi) is 3.52. The third kappa shape index (κ3) is 2.83. The lowest BCUT2D eigenvalue weighted by atomic mass is 10.2. The van der Waals surface area contributed by atoms with Gasteiger partial charge in [0, 0.05) is 45.4 Å². The van der Waals surface area contributed by atoms with E-state index in [0.717, 1.165) is 31.7 Å². The van der Waals surface area contributed by atoms with E-state index in [4.69, 9.17) is 0 Å². The smallest absolute Gasteiger partial charge is 0.262 e. The second-order valence-electron chi connectivity index (χ2n) is 5.00. The Bertz CT molecular complexity index is 608. The summed E-state index contributed by atoms with van der Waals surface area (Å²) < 4.78 is 18.3. The first-order valence-electron chi connectivity index (χ1n) is 6.65. The molecule has 2 heterocycles. The van der Waals surface area contributed by atoms with Gasteiger partial charge in [0.25, 0.3) is 5.69 Å². The Hall–Kier alpha value is -1.76. The van der Waals surface area contributed by atoms with Crippen LogP contribution in [0.3, 0.4) is 0 Å². The number of nitrogens with zero attached hydrogens (tertiary/aromatic N) is 5. The van der Waals surface area contributed by atoms with Crippen molar-refractivity contribution < 1.29 is 9.49 Å². The van der Waals surface area contributed by atoms with Crippen molar-refractivity contribution in [2.45, 2.75) is 0 Å². The van der Waals surface area contributed by atoms with Crippen molar-refractivity contribution >= 4 is 19.5 Å². The maximum atomic E-state index is 13.0. The SMILES string of the molecule is CN(/N=C/c1ccc([N+](=O)[O-])cc1)P(=O)(N1CC1)N1CC1. The van der Waals surface area contributed by atoms with Gasteiger partial charge in [-0.2, -0.15) is 5.10 Å². The van der Waals surface area contributed by atoms with E-state index < -0.39 is 12.5 Å². The molecule has 0 aromatic heterocycles. The second kappa shape index (κ2) is 5.22. The fraction of sp³-hybridized carbons (Fsp3) is 0.417. The zero-order chi connectivity index (χ0) is 15.0. The molecule has 2 aliphatic heterocycles. The van der Waals surface area contributed by atoms with Gasteiger partial charge in [0.2, 0.25) is 0 Å². The number of benzene rings is 1. The summed E-state index contributed by atoms with van der Waals surface area (Å²) in [5, 5.41) is 14.8. The Morgan fingerprint density at radius 2 is 1.76 bits per heavy atom. The number of nitro groups is 1. The molecule has 0 atom stereocenters. The van der Waals surface area contributed by atoms with E-state index in [1.54, 1.807) is 25.4 Å². The largest absolute Gasteiger partial charge is 0.326 e. The molecule has 2 aliphatic rings. The van der Waals surface area contributed by atoms with Crippen molar-refractivity contribution in [1.82, 2.24) is 14.1 Å². The minimum atomic E-state index is -2.70.